The molecule has 5 heteroatoms. The maximum atomic E-state index is 2.66. The largest absolute Gasteiger partial charge is 0.153 e. The molecule has 188 valence electrons. The minimum Gasteiger partial charge on any atom is -0.143 e. The predicted molar refractivity (Wildman–Crippen MR) is 171 cm³/mol. The van der Waals surface area contributed by atoms with E-state index >= 15 is 0 Å². The van der Waals surface area contributed by atoms with Gasteiger partial charge in [-0.2, -0.15) is 0 Å². The van der Waals surface area contributed by atoms with Gasteiger partial charge in [-0.3, -0.25) is 0 Å². The fourth-order valence-corrected chi connectivity index (χ4v) is 18.7. The van der Waals surface area contributed by atoms with E-state index < -0.39 is 8.07 Å². The van der Waals surface area contributed by atoms with Crippen molar-refractivity contribution in [3.8, 4) is 9.75 Å². The molecule has 1 aromatic carbocycles. The Morgan fingerprint density at radius 3 is 1.58 bits per heavy atom. The van der Waals surface area contributed by atoms with E-state index in [-0.39, 0.29) is 0 Å². The van der Waals surface area contributed by atoms with E-state index in [1.54, 1.807) is 55.2 Å². The van der Waals surface area contributed by atoms with Crippen LogP contribution < -0.4 is 15.6 Å². The zero-order chi connectivity index (χ0) is 24.7. The van der Waals surface area contributed by atoms with E-state index in [2.05, 4.69) is 84.2 Å². The summed E-state index contributed by atoms with van der Waals surface area (Å²) in [6, 6.07) is 11.6. The van der Waals surface area contributed by atoms with E-state index in [0.717, 1.165) is 0 Å². The number of rotatable bonds is 11. The minimum atomic E-state index is -2.05. The molecule has 0 N–H and O–H groups in total. The van der Waals surface area contributed by atoms with Crippen molar-refractivity contribution in [2.24, 2.45) is 0 Å². The number of hydrogen-bond donors (Lipinski definition) is 0. The van der Waals surface area contributed by atoms with E-state index in [4.69, 9.17) is 0 Å². The van der Waals surface area contributed by atoms with Gasteiger partial charge in [0.1, 0.15) is 0 Å². The first kappa shape index (κ1) is 25.1. The first-order valence-corrected chi connectivity index (χ1v) is 19.7. The molecule has 0 saturated heterocycles. The van der Waals surface area contributed by atoms with E-state index in [1.165, 1.54) is 64.2 Å². The lowest BCUT2D eigenvalue weighted by Gasteiger charge is -2.24. The van der Waals surface area contributed by atoms with Gasteiger partial charge in [-0.25, -0.2) is 0 Å². The molecule has 36 heavy (non-hydrogen) atoms. The molecule has 5 aromatic rings. The van der Waals surface area contributed by atoms with Crippen LogP contribution in [0.4, 0.5) is 0 Å². The number of thiophene rings is 4. The molecule has 0 bridgehead atoms. The second-order valence-corrected chi connectivity index (χ2v) is 18.2. The minimum absolute atomic E-state index is 1.25. The number of benzene rings is 1. The van der Waals surface area contributed by atoms with E-state index in [9.17, 15) is 0 Å². The highest BCUT2D eigenvalue weighted by atomic mass is 32.1. The molecule has 0 fully saturated rings. The van der Waals surface area contributed by atoms with Crippen LogP contribution in [0.3, 0.4) is 0 Å². The Morgan fingerprint density at radius 1 is 0.611 bits per heavy atom. The molecule has 0 unspecified atom stereocenters. The standard InChI is InChI=1S/C31H36S4Si/c1-4-6-8-11-15-21-19-32-26-24(21)34-28-29-31(36(3,30(26)28)23-17-13-10-14-18-23)27-25(35-29)22(20-33-27)16-12-9-7-5-2/h10,13-14,17-20H,4-9,11-12,15-16H2,1-3H3. The van der Waals surface area contributed by atoms with Gasteiger partial charge in [0.15, 0.2) is 8.07 Å². The molecule has 0 atom stereocenters. The van der Waals surface area contributed by atoms with E-state index in [0.29, 0.717) is 0 Å². The van der Waals surface area contributed by atoms with E-state index in [1.807, 2.05) is 22.7 Å². The zero-order valence-electron chi connectivity index (χ0n) is 21.7. The zero-order valence-corrected chi connectivity index (χ0v) is 26.0. The topological polar surface area (TPSA) is 0 Å². The lowest BCUT2D eigenvalue weighted by molar-refractivity contribution is 0.669. The van der Waals surface area contributed by atoms with Crippen LogP contribution in [0, 0.1) is 0 Å². The first-order chi connectivity index (χ1) is 17.7. The lowest BCUT2D eigenvalue weighted by atomic mass is 10.1. The number of unbranched alkanes of at least 4 members (excludes halogenated alkanes) is 6. The normalized spacial score (nSPS) is 14.2. The van der Waals surface area contributed by atoms with Crippen LogP contribution in [0.1, 0.15) is 76.3 Å². The maximum absolute atomic E-state index is 2.66. The van der Waals surface area contributed by atoms with Crippen molar-refractivity contribution in [3.05, 3.63) is 52.2 Å². The van der Waals surface area contributed by atoms with Gasteiger partial charge in [-0.05, 0) is 63.1 Å². The molecule has 0 aliphatic carbocycles. The highest BCUT2D eigenvalue weighted by Gasteiger charge is 2.49. The Labute approximate surface area is 233 Å². The summed E-state index contributed by atoms with van der Waals surface area (Å²) in [5.41, 5.74) is 3.23. The highest BCUT2D eigenvalue weighted by Crippen LogP contribution is 2.49. The van der Waals surface area contributed by atoms with Crippen molar-refractivity contribution in [1.82, 2.24) is 0 Å². The summed E-state index contributed by atoms with van der Waals surface area (Å²) in [6.07, 6.45) is 13.2. The Bertz CT molecular complexity index is 1390. The molecule has 5 heterocycles. The van der Waals surface area contributed by atoms with Crippen molar-refractivity contribution < 1.29 is 0 Å². The number of fused-ring (bicyclic) bond motifs is 7. The number of hydrogen-bond acceptors (Lipinski definition) is 4. The summed E-state index contributed by atoms with van der Waals surface area (Å²) < 4.78 is 6.45. The summed E-state index contributed by atoms with van der Waals surface area (Å²) in [5.74, 6) is 0. The molecular weight excluding hydrogens is 529 g/mol. The van der Waals surface area contributed by atoms with Crippen molar-refractivity contribution in [2.75, 3.05) is 0 Å². The van der Waals surface area contributed by atoms with Gasteiger partial charge < -0.3 is 0 Å². The maximum Gasteiger partial charge on any atom is 0.153 e. The smallest absolute Gasteiger partial charge is 0.143 e. The van der Waals surface area contributed by atoms with Gasteiger partial charge in [0.05, 0.1) is 0 Å². The lowest BCUT2D eigenvalue weighted by Crippen LogP contribution is -2.61. The van der Waals surface area contributed by atoms with Crippen molar-refractivity contribution in [1.29, 1.82) is 0 Å². The monoisotopic (exact) mass is 564 g/mol. The molecule has 0 spiro atoms. The van der Waals surface area contributed by atoms with Crippen LogP contribution >= 0.6 is 45.3 Å². The Morgan fingerprint density at radius 2 is 1.11 bits per heavy atom. The Balaban J connectivity index is 1.48. The third-order valence-electron chi connectivity index (χ3n) is 8.11. The van der Waals surface area contributed by atoms with Gasteiger partial charge in [0, 0.05) is 28.6 Å². The van der Waals surface area contributed by atoms with Gasteiger partial charge in [0.25, 0.3) is 0 Å². The van der Waals surface area contributed by atoms with Crippen molar-refractivity contribution in [3.63, 3.8) is 0 Å². The molecule has 0 saturated carbocycles. The predicted octanol–water partition coefficient (Wildman–Crippen LogP) is 9.56. The fraction of sp³-hybridized carbons (Fsp3) is 0.419. The second kappa shape index (κ2) is 10.5. The third-order valence-corrected chi connectivity index (χ3v) is 18.4. The quantitative estimate of drug-likeness (QED) is 0.111. The highest BCUT2D eigenvalue weighted by molar-refractivity contribution is 7.42. The molecule has 0 radical (unpaired) electrons. The summed E-state index contributed by atoms with van der Waals surface area (Å²) in [5, 5.41) is 10.0. The van der Waals surface area contributed by atoms with Crippen LogP contribution in [0.5, 0.6) is 0 Å². The summed E-state index contributed by atoms with van der Waals surface area (Å²) in [4.78, 5) is 3.26. The molecule has 0 amide bonds. The van der Waals surface area contributed by atoms with Crippen LogP contribution in [0.15, 0.2) is 41.1 Å². The summed E-state index contributed by atoms with van der Waals surface area (Å²) in [6.45, 7) is 7.27. The number of aryl methyl sites for hydroxylation is 2. The third kappa shape index (κ3) is 4.01. The van der Waals surface area contributed by atoms with Crippen LogP contribution in [0.25, 0.3) is 28.6 Å². The van der Waals surface area contributed by atoms with Crippen LogP contribution in [0.2, 0.25) is 6.55 Å². The molecule has 0 nitrogen and oxygen atoms in total. The van der Waals surface area contributed by atoms with Gasteiger partial charge in [-0.15, -0.1) is 45.3 Å². The van der Waals surface area contributed by atoms with Crippen LogP contribution in [-0.4, -0.2) is 8.07 Å². The fourth-order valence-electron chi connectivity index (χ4n) is 6.09. The second-order valence-electron chi connectivity index (χ2n) is 10.6. The average molecular weight is 565 g/mol. The molecular formula is C31H36S4Si. The Kier molecular flexibility index (Phi) is 7.30. The molecule has 6 rings (SSSR count). The molecule has 1 aliphatic heterocycles. The van der Waals surface area contributed by atoms with Gasteiger partial charge in [-0.1, -0.05) is 89.3 Å². The summed E-state index contributed by atoms with van der Waals surface area (Å²) in [7, 11) is -2.05. The molecule has 1 aliphatic rings. The van der Waals surface area contributed by atoms with Crippen molar-refractivity contribution >= 4 is 87.8 Å². The van der Waals surface area contributed by atoms with Crippen molar-refractivity contribution in [2.45, 2.75) is 84.6 Å². The average Bonchev–Trinajstić information content (AvgIpc) is 3.67. The Hall–Kier alpha value is -1.24. The van der Waals surface area contributed by atoms with Gasteiger partial charge >= 0.3 is 0 Å². The summed E-state index contributed by atoms with van der Waals surface area (Å²) >= 11 is 8.34. The van der Waals surface area contributed by atoms with Crippen LogP contribution in [-0.2, 0) is 12.8 Å². The SMILES string of the molecule is CCCCCCc1csc2c3c(sc12)-c1sc2c(CCCCCC)csc2c1[Si]3(C)c1ccccc1. The first-order valence-electron chi connectivity index (χ1n) is 13.8. The molecule has 4 aromatic heterocycles. The van der Waals surface area contributed by atoms with Gasteiger partial charge in [0.2, 0.25) is 0 Å².